The van der Waals surface area contributed by atoms with Gasteiger partial charge in [-0.2, -0.15) is 0 Å². The van der Waals surface area contributed by atoms with E-state index in [0.717, 1.165) is 18.4 Å². The van der Waals surface area contributed by atoms with Crippen LogP contribution in [0.3, 0.4) is 0 Å². The number of nitrogens with zero attached hydrogens (tertiary/aromatic N) is 1. The van der Waals surface area contributed by atoms with Crippen molar-refractivity contribution in [2.45, 2.75) is 37.1 Å². The molecule has 1 aromatic carbocycles. The van der Waals surface area contributed by atoms with Crippen LogP contribution in [0.15, 0.2) is 29.2 Å². The maximum absolute atomic E-state index is 3.68. The summed E-state index contributed by atoms with van der Waals surface area (Å²) in [6.45, 7) is 9.47. The molecule has 2 unspecified atom stereocenters. The van der Waals surface area contributed by atoms with Crippen LogP contribution in [-0.4, -0.2) is 42.9 Å². The Morgan fingerprint density at radius 3 is 3.05 bits per heavy atom. The zero-order valence-electron chi connectivity index (χ0n) is 12.6. The molecule has 110 valence electrons. The minimum Gasteiger partial charge on any atom is -0.311 e. The zero-order valence-corrected chi connectivity index (χ0v) is 13.5. The lowest BCUT2D eigenvalue weighted by molar-refractivity contribution is 0.180. The molecule has 1 saturated heterocycles. The minimum absolute atomic E-state index is 0.688. The van der Waals surface area contributed by atoms with E-state index in [-0.39, 0.29) is 0 Å². The Bertz CT molecular complexity index is 446. The van der Waals surface area contributed by atoms with E-state index in [9.17, 15) is 0 Å². The average Bonchev–Trinajstić information content (AvgIpc) is 2.82. The summed E-state index contributed by atoms with van der Waals surface area (Å²) in [5.74, 6) is 2.78. The van der Waals surface area contributed by atoms with Gasteiger partial charge in [-0.1, -0.05) is 32.0 Å². The van der Waals surface area contributed by atoms with Crippen molar-refractivity contribution in [1.82, 2.24) is 10.2 Å². The molecule has 2 nitrogen and oxygen atoms in total. The van der Waals surface area contributed by atoms with Crippen molar-refractivity contribution in [2.24, 2.45) is 5.92 Å². The first-order valence-electron chi connectivity index (χ1n) is 7.90. The summed E-state index contributed by atoms with van der Waals surface area (Å²) in [6.07, 6.45) is 1.30. The van der Waals surface area contributed by atoms with E-state index in [1.54, 1.807) is 5.56 Å². The molecule has 3 heteroatoms. The molecular formula is C17H26N2S. The largest absolute Gasteiger partial charge is 0.311 e. The van der Waals surface area contributed by atoms with Crippen molar-refractivity contribution >= 4 is 11.8 Å². The Hall–Kier alpha value is -0.510. The molecule has 0 saturated carbocycles. The molecule has 0 bridgehead atoms. The van der Waals surface area contributed by atoms with Crippen molar-refractivity contribution < 1.29 is 0 Å². The fourth-order valence-electron chi connectivity index (χ4n) is 3.48. The third kappa shape index (κ3) is 3.38. The van der Waals surface area contributed by atoms with Gasteiger partial charge in [-0.3, -0.25) is 4.90 Å². The van der Waals surface area contributed by atoms with Crippen molar-refractivity contribution in [3.05, 3.63) is 29.8 Å². The topological polar surface area (TPSA) is 15.3 Å². The SMILES string of the molecule is CC(C)CC1CN(CC2CSc3ccccc32)CCN1. The van der Waals surface area contributed by atoms with Gasteiger partial charge in [0.1, 0.15) is 0 Å². The Kier molecular flexibility index (Phi) is 4.69. The van der Waals surface area contributed by atoms with Gasteiger partial charge >= 0.3 is 0 Å². The van der Waals surface area contributed by atoms with Gasteiger partial charge in [0, 0.05) is 48.8 Å². The molecule has 2 aliphatic heterocycles. The van der Waals surface area contributed by atoms with Crippen molar-refractivity contribution in [3.63, 3.8) is 0 Å². The summed E-state index contributed by atoms with van der Waals surface area (Å²) >= 11 is 2.03. The fraction of sp³-hybridized carbons (Fsp3) is 0.647. The lowest BCUT2D eigenvalue weighted by atomic mass is 9.98. The molecule has 1 fully saturated rings. The molecule has 1 N–H and O–H groups in total. The highest BCUT2D eigenvalue weighted by molar-refractivity contribution is 7.99. The Labute approximate surface area is 127 Å². The third-order valence-electron chi connectivity index (χ3n) is 4.37. The van der Waals surface area contributed by atoms with Crippen molar-refractivity contribution in [1.29, 1.82) is 0 Å². The molecular weight excluding hydrogens is 264 g/mol. The summed E-state index contributed by atoms with van der Waals surface area (Å²) < 4.78 is 0. The van der Waals surface area contributed by atoms with Crippen molar-refractivity contribution in [2.75, 3.05) is 31.9 Å². The molecule has 0 aliphatic carbocycles. The molecule has 1 aromatic rings. The Morgan fingerprint density at radius 2 is 2.20 bits per heavy atom. The quantitative estimate of drug-likeness (QED) is 0.917. The van der Waals surface area contributed by atoms with Crippen LogP contribution >= 0.6 is 11.8 Å². The number of thioether (sulfide) groups is 1. The standard InChI is InChI=1S/C17H26N2S/c1-13(2)9-15-11-19(8-7-18-15)10-14-12-20-17-6-4-3-5-16(14)17/h3-6,13-15,18H,7-12H2,1-2H3. The maximum Gasteiger partial charge on any atom is 0.0198 e. The monoisotopic (exact) mass is 290 g/mol. The molecule has 0 amide bonds. The van der Waals surface area contributed by atoms with E-state index in [2.05, 4.69) is 48.3 Å². The highest BCUT2D eigenvalue weighted by atomic mass is 32.2. The molecule has 20 heavy (non-hydrogen) atoms. The smallest absolute Gasteiger partial charge is 0.0198 e. The van der Waals surface area contributed by atoms with Gasteiger partial charge in [0.25, 0.3) is 0 Å². The van der Waals surface area contributed by atoms with E-state index in [0.29, 0.717) is 6.04 Å². The summed E-state index contributed by atoms with van der Waals surface area (Å²) in [5, 5.41) is 3.68. The predicted octanol–water partition coefficient (Wildman–Crippen LogP) is 3.20. The van der Waals surface area contributed by atoms with Crippen LogP contribution in [0.25, 0.3) is 0 Å². The Balaban J connectivity index is 1.58. The normalized spacial score (nSPS) is 26.9. The second-order valence-corrected chi connectivity index (χ2v) is 7.65. The Morgan fingerprint density at radius 1 is 1.35 bits per heavy atom. The molecule has 0 radical (unpaired) electrons. The molecule has 3 rings (SSSR count). The van der Waals surface area contributed by atoms with Crippen LogP contribution in [0.4, 0.5) is 0 Å². The highest BCUT2D eigenvalue weighted by Crippen LogP contribution is 2.39. The van der Waals surface area contributed by atoms with Crippen molar-refractivity contribution in [3.8, 4) is 0 Å². The van der Waals surface area contributed by atoms with Gasteiger partial charge in [-0.15, -0.1) is 11.8 Å². The van der Waals surface area contributed by atoms with Gasteiger partial charge in [-0.25, -0.2) is 0 Å². The average molecular weight is 290 g/mol. The first-order valence-corrected chi connectivity index (χ1v) is 8.88. The third-order valence-corrected chi connectivity index (χ3v) is 5.62. The lowest BCUT2D eigenvalue weighted by Gasteiger charge is -2.36. The van der Waals surface area contributed by atoms with E-state index < -0.39 is 0 Å². The van der Waals surface area contributed by atoms with Crippen LogP contribution in [0.1, 0.15) is 31.7 Å². The highest BCUT2D eigenvalue weighted by Gasteiger charge is 2.27. The zero-order chi connectivity index (χ0) is 13.9. The number of hydrogen-bond acceptors (Lipinski definition) is 3. The summed E-state index contributed by atoms with van der Waals surface area (Å²) in [6, 6.07) is 9.65. The molecule has 2 heterocycles. The fourth-order valence-corrected chi connectivity index (χ4v) is 4.72. The van der Waals surface area contributed by atoms with Crippen LogP contribution in [0.2, 0.25) is 0 Å². The molecule has 2 atom stereocenters. The second-order valence-electron chi connectivity index (χ2n) is 6.59. The van der Waals surface area contributed by atoms with E-state index in [1.807, 2.05) is 11.8 Å². The number of fused-ring (bicyclic) bond motifs is 1. The second kappa shape index (κ2) is 6.50. The van der Waals surface area contributed by atoms with Crippen LogP contribution in [0, 0.1) is 5.92 Å². The summed E-state index contributed by atoms with van der Waals surface area (Å²) in [5.41, 5.74) is 1.58. The van der Waals surface area contributed by atoms with Gasteiger partial charge in [0.05, 0.1) is 0 Å². The molecule has 2 aliphatic rings. The first-order chi connectivity index (χ1) is 9.72. The van der Waals surface area contributed by atoms with Crippen LogP contribution < -0.4 is 5.32 Å². The number of piperazine rings is 1. The number of hydrogen-bond donors (Lipinski definition) is 1. The van der Waals surface area contributed by atoms with Gasteiger partial charge < -0.3 is 5.32 Å². The lowest BCUT2D eigenvalue weighted by Crippen LogP contribution is -2.51. The van der Waals surface area contributed by atoms with E-state index >= 15 is 0 Å². The number of nitrogens with one attached hydrogen (secondary N) is 1. The van der Waals surface area contributed by atoms with Crippen LogP contribution in [0.5, 0.6) is 0 Å². The molecule has 0 spiro atoms. The summed E-state index contributed by atoms with van der Waals surface area (Å²) in [4.78, 5) is 4.18. The molecule has 0 aromatic heterocycles. The first kappa shape index (κ1) is 14.4. The summed E-state index contributed by atoms with van der Waals surface area (Å²) in [7, 11) is 0. The van der Waals surface area contributed by atoms with Gasteiger partial charge in [-0.05, 0) is 24.0 Å². The number of rotatable bonds is 4. The number of benzene rings is 1. The maximum atomic E-state index is 3.68. The van der Waals surface area contributed by atoms with E-state index in [1.165, 1.54) is 36.7 Å². The van der Waals surface area contributed by atoms with Gasteiger partial charge in [0.15, 0.2) is 0 Å². The predicted molar refractivity (Wildman–Crippen MR) is 87.6 cm³/mol. The van der Waals surface area contributed by atoms with Crippen LogP contribution in [-0.2, 0) is 0 Å². The van der Waals surface area contributed by atoms with E-state index in [4.69, 9.17) is 0 Å². The minimum atomic E-state index is 0.688. The van der Waals surface area contributed by atoms with Gasteiger partial charge in [0.2, 0.25) is 0 Å².